The second-order valence-corrected chi connectivity index (χ2v) is 7.50. The number of amides is 1. The summed E-state index contributed by atoms with van der Waals surface area (Å²) in [5.41, 5.74) is 2.76. The molecular weight excluding hydrogens is 401 g/mol. The molecule has 2 aromatic carbocycles. The fourth-order valence-electron chi connectivity index (χ4n) is 2.65. The molecule has 0 spiro atoms. The highest BCUT2D eigenvalue weighted by Gasteiger charge is 2.15. The first kappa shape index (κ1) is 20.1. The minimum atomic E-state index is -2.68. The van der Waals surface area contributed by atoms with Crippen molar-refractivity contribution < 1.29 is 17.9 Å². The molecule has 146 valence electrons. The standard InChI is InChI=1S/C19H18FN3O3S2/c1-2-3-12-4-6-13(7-5-12)17-11-27-19(21-17)22-18(24)15-9-8-14(20)10-16(15)23-28(25)26/h4-11,23H,2-3H2,1H3,(H,25,26)(H,21,22,24)/p-1. The Kier molecular flexibility index (Phi) is 6.50. The number of anilines is 2. The summed E-state index contributed by atoms with van der Waals surface area (Å²) in [6.07, 6.45) is 2.09. The summed E-state index contributed by atoms with van der Waals surface area (Å²) in [5, 5.41) is 4.80. The van der Waals surface area contributed by atoms with E-state index in [1.54, 1.807) is 0 Å². The number of halogens is 1. The monoisotopic (exact) mass is 418 g/mol. The quantitative estimate of drug-likeness (QED) is 0.558. The highest BCUT2D eigenvalue weighted by Crippen LogP contribution is 2.26. The maximum Gasteiger partial charge on any atom is 0.259 e. The first-order valence-electron chi connectivity index (χ1n) is 8.48. The topological polar surface area (TPSA) is 94.2 Å². The summed E-state index contributed by atoms with van der Waals surface area (Å²) in [7, 11) is 0. The van der Waals surface area contributed by atoms with E-state index in [0.29, 0.717) is 5.13 Å². The smallest absolute Gasteiger partial charge is 0.259 e. The van der Waals surface area contributed by atoms with E-state index in [1.165, 1.54) is 23.0 Å². The molecule has 3 rings (SSSR count). The molecule has 0 radical (unpaired) electrons. The summed E-state index contributed by atoms with van der Waals surface area (Å²) < 4.78 is 37.1. The Morgan fingerprint density at radius 2 is 2.00 bits per heavy atom. The van der Waals surface area contributed by atoms with Crippen molar-refractivity contribution in [1.82, 2.24) is 4.98 Å². The molecule has 0 saturated carbocycles. The minimum absolute atomic E-state index is 0.00808. The van der Waals surface area contributed by atoms with Gasteiger partial charge in [0.2, 0.25) is 0 Å². The van der Waals surface area contributed by atoms with Crippen LogP contribution in [0.3, 0.4) is 0 Å². The lowest BCUT2D eigenvalue weighted by atomic mass is 10.1. The lowest BCUT2D eigenvalue weighted by Gasteiger charge is -2.13. The van der Waals surface area contributed by atoms with Gasteiger partial charge in [-0.3, -0.25) is 14.3 Å². The fourth-order valence-corrected chi connectivity index (χ4v) is 3.71. The van der Waals surface area contributed by atoms with Crippen LogP contribution < -0.4 is 10.0 Å². The van der Waals surface area contributed by atoms with Crippen molar-refractivity contribution in [2.45, 2.75) is 19.8 Å². The van der Waals surface area contributed by atoms with Gasteiger partial charge in [-0.05, 0) is 30.2 Å². The molecule has 6 nitrogen and oxygen atoms in total. The van der Waals surface area contributed by atoms with Crippen LogP contribution in [0.2, 0.25) is 0 Å². The number of nitrogens with one attached hydrogen (secondary N) is 2. The van der Waals surface area contributed by atoms with E-state index in [4.69, 9.17) is 0 Å². The van der Waals surface area contributed by atoms with E-state index in [1.807, 2.05) is 22.2 Å². The highest BCUT2D eigenvalue weighted by molar-refractivity contribution is 7.80. The van der Waals surface area contributed by atoms with E-state index in [9.17, 15) is 17.9 Å². The van der Waals surface area contributed by atoms with Crippen molar-refractivity contribution in [1.29, 1.82) is 0 Å². The van der Waals surface area contributed by atoms with Crippen LogP contribution in [-0.2, 0) is 17.7 Å². The van der Waals surface area contributed by atoms with Crippen molar-refractivity contribution in [3.8, 4) is 11.3 Å². The number of rotatable bonds is 7. The van der Waals surface area contributed by atoms with Gasteiger partial charge in [0.25, 0.3) is 5.91 Å². The number of aromatic nitrogens is 1. The minimum Gasteiger partial charge on any atom is -0.755 e. The van der Waals surface area contributed by atoms with Crippen LogP contribution in [0.5, 0.6) is 0 Å². The van der Waals surface area contributed by atoms with Gasteiger partial charge in [-0.1, -0.05) is 37.6 Å². The van der Waals surface area contributed by atoms with Gasteiger partial charge in [0, 0.05) is 22.2 Å². The van der Waals surface area contributed by atoms with Crippen LogP contribution in [-0.4, -0.2) is 19.7 Å². The zero-order chi connectivity index (χ0) is 20.1. The maximum atomic E-state index is 13.4. The predicted octanol–water partition coefficient (Wildman–Crippen LogP) is 4.36. The normalized spacial score (nSPS) is 11.8. The van der Waals surface area contributed by atoms with Gasteiger partial charge in [-0.25, -0.2) is 9.37 Å². The number of hydrogen-bond donors (Lipinski definition) is 2. The molecule has 0 aliphatic heterocycles. The predicted molar refractivity (Wildman–Crippen MR) is 108 cm³/mol. The molecule has 3 aromatic rings. The molecule has 28 heavy (non-hydrogen) atoms. The molecule has 0 aliphatic rings. The number of thiazole rings is 1. The van der Waals surface area contributed by atoms with Crippen LogP contribution >= 0.6 is 11.3 Å². The van der Waals surface area contributed by atoms with Crippen molar-refractivity contribution in [3.63, 3.8) is 0 Å². The van der Waals surface area contributed by atoms with E-state index >= 15 is 0 Å². The number of carbonyl (C=O) groups excluding carboxylic acids is 1. The van der Waals surface area contributed by atoms with E-state index in [0.717, 1.165) is 36.2 Å². The van der Waals surface area contributed by atoms with Crippen molar-refractivity contribution in [3.05, 3.63) is 64.8 Å². The lowest BCUT2D eigenvalue weighted by Crippen LogP contribution is -2.15. The van der Waals surface area contributed by atoms with Gasteiger partial charge in [0.05, 0.1) is 16.9 Å². The second kappa shape index (κ2) is 9.05. The van der Waals surface area contributed by atoms with Crippen molar-refractivity contribution in [2.75, 3.05) is 10.0 Å². The number of nitrogens with zero attached hydrogens (tertiary/aromatic N) is 1. The number of carbonyl (C=O) groups is 1. The zero-order valence-corrected chi connectivity index (χ0v) is 16.5. The second-order valence-electron chi connectivity index (χ2n) is 5.97. The van der Waals surface area contributed by atoms with Gasteiger partial charge in [-0.2, -0.15) is 0 Å². The number of benzene rings is 2. The molecule has 9 heteroatoms. The first-order chi connectivity index (χ1) is 13.5. The average Bonchev–Trinajstić information content (AvgIpc) is 3.10. The molecule has 0 saturated heterocycles. The fraction of sp³-hybridized carbons (Fsp3) is 0.158. The number of aryl methyl sites for hydroxylation is 1. The summed E-state index contributed by atoms with van der Waals surface area (Å²) in [6, 6.07) is 11.3. The molecule has 1 unspecified atom stereocenters. The van der Waals surface area contributed by atoms with Crippen LogP contribution in [0.4, 0.5) is 15.2 Å². The van der Waals surface area contributed by atoms with Crippen LogP contribution in [0, 0.1) is 5.82 Å². The Balaban J connectivity index is 1.76. The summed E-state index contributed by atoms with van der Waals surface area (Å²) >= 11 is -1.44. The third kappa shape index (κ3) is 5.00. The van der Waals surface area contributed by atoms with Gasteiger partial charge < -0.3 is 9.27 Å². The zero-order valence-electron chi connectivity index (χ0n) is 14.9. The van der Waals surface area contributed by atoms with Gasteiger partial charge >= 0.3 is 0 Å². The third-order valence-electron chi connectivity index (χ3n) is 3.93. The van der Waals surface area contributed by atoms with Gasteiger partial charge in [0.15, 0.2) is 5.13 Å². The van der Waals surface area contributed by atoms with Crippen molar-refractivity contribution >= 4 is 39.3 Å². The summed E-state index contributed by atoms with van der Waals surface area (Å²) in [5.74, 6) is -1.25. The molecule has 1 heterocycles. The Morgan fingerprint density at radius 1 is 1.25 bits per heavy atom. The molecule has 1 atom stereocenters. The first-order valence-corrected chi connectivity index (χ1v) is 10.4. The van der Waals surface area contributed by atoms with Crippen LogP contribution in [0.25, 0.3) is 11.3 Å². The average molecular weight is 418 g/mol. The number of hydrogen-bond acceptors (Lipinski definition) is 5. The van der Waals surface area contributed by atoms with Gasteiger partial charge in [-0.15, -0.1) is 11.3 Å². The van der Waals surface area contributed by atoms with E-state index < -0.39 is 23.0 Å². The molecular formula is C19H17FN3O3S2-. The largest absolute Gasteiger partial charge is 0.755 e. The molecule has 1 amide bonds. The lowest BCUT2D eigenvalue weighted by molar-refractivity contribution is 0.102. The van der Waals surface area contributed by atoms with E-state index in [-0.39, 0.29) is 11.3 Å². The molecule has 0 aliphatic carbocycles. The highest BCUT2D eigenvalue weighted by atomic mass is 32.2. The Labute approximate surface area is 168 Å². The Morgan fingerprint density at radius 3 is 2.68 bits per heavy atom. The summed E-state index contributed by atoms with van der Waals surface area (Å²) in [6.45, 7) is 2.13. The van der Waals surface area contributed by atoms with Crippen molar-refractivity contribution in [2.24, 2.45) is 0 Å². The maximum absolute atomic E-state index is 13.4. The molecule has 0 fully saturated rings. The molecule has 0 bridgehead atoms. The van der Waals surface area contributed by atoms with E-state index in [2.05, 4.69) is 29.4 Å². The van der Waals surface area contributed by atoms with Crippen LogP contribution in [0.15, 0.2) is 47.8 Å². The Bertz CT molecular complexity index is 1010. The third-order valence-corrected chi connectivity index (χ3v) is 5.08. The summed E-state index contributed by atoms with van der Waals surface area (Å²) in [4.78, 5) is 16.9. The molecule has 2 N–H and O–H groups in total. The van der Waals surface area contributed by atoms with Crippen LogP contribution in [0.1, 0.15) is 29.3 Å². The van der Waals surface area contributed by atoms with Gasteiger partial charge in [0.1, 0.15) is 5.82 Å². The molecule has 1 aromatic heterocycles. The Hall–Kier alpha value is -2.62. The SMILES string of the molecule is CCCc1ccc(-c2csc(NC(=O)c3ccc(F)cc3NS(=O)[O-])n2)cc1.